The summed E-state index contributed by atoms with van der Waals surface area (Å²) >= 11 is 0. The lowest BCUT2D eigenvalue weighted by molar-refractivity contribution is 0.102. The Morgan fingerprint density at radius 3 is 2.39 bits per heavy atom. The SMILES string of the molecule is COc1ccccc1CCNc1ccc(C(=O)Nc2c(C)cccc2C)nn1. The highest BCUT2D eigenvalue weighted by Gasteiger charge is 2.11. The first-order valence-corrected chi connectivity index (χ1v) is 9.15. The van der Waals surface area contributed by atoms with Gasteiger partial charge in [0.1, 0.15) is 11.6 Å². The maximum absolute atomic E-state index is 12.5. The third-order valence-corrected chi connectivity index (χ3v) is 4.51. The van der Waals surface area contributed by atoms with Crippen molar-refractivity contribution >= 4 is 17.4 Å². The number of anilines is 2. The molecule has 1 heterocycles. The van der Waals surface area contributed by atoms with Gasteiger partial charge in [0.25, 0.3) is 5.91 Å². The van der Waals surface area contributed by atoms with Gasteiger partial charge in [-0.3, -0.25) is 4.79 Å². The van der Waals surface area contributed by atoms with Crippen molar-refractivity contribution in [1.82, 2.24) is 10.2 Å². The summed E-state index contributed by atoms with van der Waals surface area (Å²) in [6, 6.07) is 17.2. The van der Waals surface area contributed by atoms with Gasteiger partial charge in [0.2, 0.25) is 0 Å². The van der Waals surface area contributed by atoms with Crippen LogP contribution in [-0.4, -0.2) is 29.8 Å². The van der Waals surface area contributed by atoms with Crippen LogP contribution in [0.15, 0.2) is 54.6 Å². The van der Waals surface area contributed by atoms with E-state index in [1.165, 1.54) is 0 Å². The fraction of sp³-hybridized carbons (Fsp3) is 0.227. The van der Waals surface area contributed by atoms with Crippen molar-refractivity contribution in [3.8, 4) is 5.75 Å². The minimum Gasteiger partial charge on any atom is -0.496 e. The number of rotatable bonds is 7. The average molecular weight is 376 g/mol. The third-order valence-electron chi connectivity index (χ3n) is 4.51. The van der Waals surface area contributed by atoms with Crippen LogP contribution < -0.4 is 15.4 Å². The van der Waals surface area contributed by atoms with Gasteiger partial charge >= 0.3 is 0 Å². The number of amides is 1. The number of aromatic nitrogens is 2. The first-order chi connectivity index (χ1) is 13.6. The monoisotopic (exact) mass is 376 g/mol. The Labute approximate surface area is 165 Å². The van der Waals surface area contributed by atoms with Gasteiger partial charge in [-0.15, -0.1) is 10.2 Å². The second kappa shape index (κ2) is 8.99. The van der Waals surface area contributed by atoms with E-state index in [4.69, 9.17) is 4.74 Å². The Bertz CT molecular complexity index is 935. The molecule has 0 unspecified atom stereocenters. The van der Waals surface area contributed by atoms with Gasteiger partial charge in [0, 0.05) is 12.2 Å². The van der Waals surface area contributed by atoms with Crippen LogP contribution in [-0.2, 0) is 6.42 Å². The van der Waals surface area contributed by atoms with Crippen LogP contribution in [0, 0.1) is 13.8 Å². The minimum atomic E-state index is -0.273. The number of carbonyl (C=O) groups is 1. The van der Waals surface area contributed by atoms with E-state index in [1.807, 2.05) is 56.3 Å². The summed E-state index contributed by atoms with van der Waals surface area (Å²) in [6.07, 6.45) is 0.792. The number of nitrogens with zero attached hydrogens (tertiary/aromatic N) is 2. The van der Waals surface area contributed by atoms with Crippen LogP contribution in [0.3, 0.4) is 0 Å². The molecule has 0 saturated carbocycles. The molecule has 0 bridgehead atoms. The van der Waals surface area contributed by atoms with E-state index in [0.717, 1.165) is 34.5 Å². The molecule has 6 heteroatoms. The third kappa shape index (κ3) is 4.65. The Balaban J connectivity index is 1.58. The molecular weight excluding hydrogens is 352 g/mol. The average Bonchev–Trinajstić information content (AvgIpc) is 2.71. The zero-order valence-corrected chi connectivity index (χ0v) is 16.3. The van der Waals surface area contributed by atoms with Crippen molar-refractivity contribution in [3.63, 3.8) is 0 Å². The first-order valence-electron chi connectivity index (χ1n) is 9.15. The molecular formula is C22H24N4O2. The molecule has 2 N–H and O–H groups in total. The smallest absolute Gasteiger partial charge is 0.276 e. The number of hydrogen-bond donors (Lipinski definition) is 2. The molecule has 1 amide bonds. The predicted octanol–water partition coefficient (Wildman–Crippen LogP) is 4.01. The topological polar surface area (TPSA) is 76.1 Å². The largest absolute Gasteiger partial charge is 0.496 e. The molecule has 1 aromatic heterocycles. The summed E-state index contributed by atoms with van der Waals surface area (Å²) in [5.41, 5.74) is 4.23. The highest BCUT2D eigenvalue weighted by atomic mass is 16.5. The minimum absolute atomic E-state index is 0.273. The van der Waals surface area contributed by atoms with Crippen LogP contribution in [0.4, 0.5) is 11.5 Å². The van der Waals surface area contributed by atoms with Crippen molar-refractivity contribution < 1.29 is 9.53 Å². The molecule has 0 spiro atoms. The van der Waals surface area contributed by atoms with Crippen LogP contribution in [0.2, 0.25) is 0 Å². The van der Waals surface area contributed by atoms with Crippen LogP contribution in [0.5, 0.6) is 5.75 Å². The molecule has 0 aliphatic heterocycles. The number of aryl methyl sites for hydroxylation is 2. The Morgan fingerprint density at radius 1 is 0.964 bits per heavy atom. The summed E-state index contributed by atoms with van der Waals surface area (Å²) in [4.78, 5) is 12.5. The Hall–Kier alpha value is -3.41. The summed E-state index contributed by atoms with van der Waals surface area (Å²) in [7, 11) is 1.67. The lowest BCUT2D eigenvalue weighted by Gasteiger charge is -2.11. The number of carbonyl (C=O) groups excluding carboxylic acids is 1. The number of hydrogen-bond acceptors (Lipinski definition) is 5. The molecule has 2 aromatic carbocycles. The van der Waals surface area contributed by atoms with Gasteiger partial charge in [0.05, 0.1) is 7.11 Å². The highest BCUT2D eigenvalue weighted by Crippen LogP contribution is 2.20. The molecule has 0 aliphatic rings. The maximum Gasteiger partial charge on any atom is 0.276 e. The molecule has 0 radical (unpaired) electrons. The van der Waals surface area contributed by atoms with E-state index in [2.05, 4.69) is 20.8 Å². The molecule has 3 aromatic rings. The van der Waals surface area contributed by atoms with Gasteiger partial charge in [0.15, 0.2) is 5.69 Å². The van der Waals surface area contributed by atoms with E-state index in [1.54, 1.807) is 19.2 Å². The normalized spacial score (nSPS) is 10.4. The van der Waals surface area contributed by atoms with Crippen molar-refractivity contribution in [1.29, 1.82) is 0 Å². The highest BCUT2D eigenvalue weighted by molar-refractivity contribution is 6.03. The maximum atomic E-state index is 12.5. The zero-order valence-electron chi connectivity index (χ0n) is 16.3. The van der Waals surface area contributed by atoms with E-state index in [0.29, 0.717) is 12.4 Å². The van der Waals surface area contributed by atoms with E-state index in [-0.39, 0.29) is 11.6 Å². The van der Waals surface area contributed by atoms with Crippen molar-refractivity contribution in [2.75, 3.05) is 24.3 Å². The quantitative estimate of drug-likeness (QED) is 0.652. The molecule has 6 nitrogen and oxygen atoms in total. The van der Waals surface area contributed by atoms with Gasteiger partial charge < -0.3 is 15.4 Å². The standard InChI is InChI=1S/C22H24N4O2/c1-15-7-6-8-16(2)21(15)24-22(27)18-11-12-20(26-25-18)23-14-13-17-9-4-5-10-19(17)28-3/h4-12H,13-14H2,1-3H3,(H,23,26)(H,24,27). The first kappa shape index (κ1) is 19.4. The second-order valence-electron chi connectivity index (χ2n) is 6.51. The van der Waals surface area contributed by atoms with Crippen LogP contribution in [0.1, 0.15) is 27.2 Å². The number of ether oxygens (including phenoxy) is 1. The molecule has 144 valence electrons. The van der Waals surface area contributed by atoms with Gasteiger partial charge in [-0.1, -0.05) is 36.4 Å². The fourth-order valence-corrected chi connectivity index (χ4v) is 2.97. The van der Waals surface area contributed by atoms with Crippen LogP contribution >= 0.6 is 0 Å². The van der Waals surface area contributed by atoms with Gasteiger partial charge in [-0.05, 0) is 55.2 Å². The Morgan fingerprint density at radius 2 is 1.71 bits per heavy atom. The van der Waals surface area contributed by atoms with E-state index >= 15 is 0 Å². The summed E-state index contributed by atoms with van der Waals surface area (Å²) < 4.78 is 5.36. The molecule has 3 rings (SSSR count). The van der Waals surface area contributed by atoms with Crippen LogP contribution in [0.25, 0.3) is 0 Å². The fourth-order valence-electron chi connectivity index (χ4n) is 2.97. The number of methoxy groups -OCH3 is 1. The molecule has 0 atom stereocenters. The molecule has 0 fully saturated rings. The summed E-state index contributed by atoms with van der Waals surface area (Å²) in [5.74, 6) is 1.22. The summed E-state index contributed by atoms with van der Waals surface area (Å²) in [5, 5.41) is 14.3. The lowest BCUT2D eigenvalue weighted by atomic mass is 10.1. The molecule has 0 saturated heterocycles. The van der Waals surface area contributed by atoms with E-state index < -0.39 is 0 Å². The van der Waals surface area contributed by atoms with Crippen molar-refractivity contribution in [2.24, 2.45) is 0 Å². The zero-order chi connectivity index (χ0) is 19.9. The predicted molar refractivity (Wildman–Crippen MR) is 111 cm³/mol. The van der Waals surface area contributed by atoms with Crippen molar-refractivity contribution in [3.05, 3.63) is 77.0 Å². The summed E-state index contributed by atoms with van der Waals surface area (Å²) in [6.45, 7) is 4.61. The number of nitrogens with one attached hydrogen (secondary N) is 2. The second-order valence-corrected chi connectivity index (χ2v) is 6.51. The molecule has 0 aliphatic carbocycles. The van der Waals surface area contributed by atoms with Gasteiger partial charge in [-0.25, -0.2) is 0 Å². The number of benzene rings is 2. The number of para-hydroxylation sites is 2. The lowest BCUT2D eigenvalue weighted by Crippen LogP contribution is -2.16. The van der Waals surface area contributed by atoms with E-state index in [9.17, 15) is 4.79 Å². The molecule has 28 heavy (non-hydrogen) atoms. The Kier molecular flexibility index (Phi) is 6.22. The van der Waals surface area contributed by atoms with Crippen molar-refractivity contribution in [2.45, 2.75) is 20.3 Å². The van der Waals surface area contributed by atoms with Gasteiger partial charge in [-0.2, -0.15) is 0 Å².